The molecule has 1 fully saturated rings. The minimum Gasteiger partial charge on any atom is -0.377 e. The van der Waals surface area contributed by atoms with E-state index in [1.54, 1.807) is 7.11 Å². The van der Waals surface area contributed by atoms with Gasteiger partial charge < -0.3 is 15.0 Å². The molecule has 0 saturated carbocycles. The molecule has 0 aliphatic carbocycles. The number of guanidine groups is 1. The summed E-state index contributed by atoms with van der Waals surface area (Å²) in [5, 5.41) is 4.13. The zero-order valence-electron chi connectivity index (χ0n) is 13.2. The summed E-state index contributed by atoms with van der Waals surface area (Å²) in [4.78, 5) is 6.78. The molecule has 0 aromatic heterocycles. The lowest BCUT2D eigenvalue weighted by molar-refractivity contribution is 0.0263. The molecule has 19 heavy (non-hydrogen) atoms. The molecule has 1 aliphatic rings. The lowest BCUT2D eigenvalue weighted by Crippen LogP contribution is -2.51. The van der Waals surface area contributed by atoms with E-state index in [0.717, 1.165) is 25.6 Å². The van der Waals surface area contributed by atoms with Crippen molar-refractivity contribution >= 4 is 17.7 Å². The highest BCUT2D eigenvalue weighted by Gasteiger charge is 2.26. The molecular weight excluding hydrogens is 258 g/mol. The summed E-state index contributed by atoms with van der Waals surface area (Å²) in [6.07, 6.45) is 0. The van der Waals surface area contributed by atoms with Crippen LogP contribution in [-0.4, -0.2) is 61.3 Å². The molecule has 0 bridgehead atoms. The van der Waals surface area contributed by atoms with Crippen LogP contribution in [-0.2, 0) is 4.74 Å². The number of methoxy groups -OCH3 is 1. The van der Waals surface area contributed by atoms with Crippen molar-refractivity contribution in [1.29, 1.82) is 0 Å². The van der Waals surface area contributed by atoms with Gasteiger partial charge in [-0.2, -0.15) is 11.8 Å². The largest absolute Gasteiger partial charge is 0.377 e. The Balaban J connectivity index is 2.55. The van der Waals surface area contributed by atoms with Gasteiger partial charge in [0.25, 0.3) is 0 Å². The molecule has 0 aromatic rings. The van der Waals surface area contributed by atoms with Gasteiger partial charge >= 0.3 is 0 Å². The molecule has 0 radical (unpaired) electrons. The standard InChI is InChI=1S/C14H29N3OS/c1-11(2)12-9-17(7-8-19-12)13(15-5)16-10-14(3,4)18-6/h11-12H,7-10H2,1-6H3,(H,15,16). The molecule has 0 aromatic carbocycles. The minimum absolute atomic E-state index is 0.169. The van der Waals surface area contributed by atoms with Crippen molar-refractivity contribution in [1.82, 2.24) is 10.2 Å². The Bertz CT molecular complexity index is 305. The van der Waals surface area contributed by atoms with Crippen molar-refractivity contribution in [3.63, 3.8) is 0 Å². The van der Waals surface area contributed by atoms with Crippen LogP contribution in [0.3, 0.4) is 0 Å². The number of thioether (sulfide) groups is 1. The molecular formula is C14H29N3OS. The van der Waals surface area contributed by atoms with Crippen molar-refractivity contribution < 1.29 is 4.74 Å². The Morgan fingerprint density at radius 3 is 2.74 bits per heavy atom. The normalized spacial score (nSPS) is 21.9. The first-order valence-corrected chi connectivity index (χ1v) is 8.07. The SMILES string of the molecule is CN=C(NCC(C)(C)OC)N1CCSC(C(C)C)C1. The van der Waals surface area contributed by atoms with Crippen LogP contribution >= 0.6 is 11.8 Å². The maximum Gasteiger partial charge on any atom is 0.193 e. The molecule has 5 heteroatoms. The highest BCUT2D eigenvalue weighted by molar-refractivity contribution is 8.00. The molecule has 1 atom stereocenters. The van der Waals surface area contributed by atoms with Gasteiger partial charge in [-0.05, 0) is 19.8 Å². The summed E-state index contributed by atoms with van der Waals surface area (Å²) in [6, 6.07) is 0. The van der Waals surface area contributed by atoms with E-state index in [0.29, 0.717) is 11.2 Å². The second-order valence-corrected chi connectivity index (χ2v) is 7.31. The lowest BCUT2D eigenvalue weighted by atomic mass is 10.1. The van der Waals surface area contributed by atoms with Crippen LogP contribution in [0, 0.1) is 5.92 Å². The van der Waals surface area contributed by atoms with Gasteiger partial charge in [-0.3, -0.25) is 4.99 Å². The summed E-state index contributed by atoms with van der Waals surface area (Å²) in [5.41, 5.74) is -0.169. The van der Waals surface area contributed by atoms with Crippen molar-refractivity contribution in [2.45, 2.75) is 38.5 Å². The molecule has 1 saturated heterocycles. The minimum atomic E-state index is -0.169. The van der Waals surface area contributed by atoms with Crippen molar-refractivity contribution in [2.24, 2.45) is 10.9 Å². The van der Waals surface area contributed by atoms with Crippen LogP contribution in [0.15, 0.2) is 4.99 Å². The first kappa shape index (κ1) is 16.6. The first-order valence-electron chi connectivity index (χ1n) is 7.02. The molecule has 112 valence electrons. The van der Waals surface area contributed by atoms with Crippen molar-refractivity contribution in [2.75, 3.05) is 39.5 Å². The average molecular weight is 287 g/mol. The number of hydrogen-bond donors (Lipinski definition) is 1. The highest BCUT2D eigenvalue weighted by Crippen LogP contribution is 2.24. The highest BCUT2D eigenvalue weighted by atomic mass is 32.2. The van der Waals surface area contributed by atoms with Crippen LogP contribution < -0.4 is 5.32 Å². The van der Waals surface area contributed by atoms with Gasteiger partial charge in [0.2, 0.25) is 0 Å². The van der Waals surface area contributed by atoms with Gasteiger partial charge in [-0.25, -0.2) is 0 Å². The Hall–Kier alpha value is -0.420. The fraction of sp³-hybridized carbons (Fsp3) is 0.929. The summed E-state index contributed by atoms with van der Waals surface area (Å²) < 4.78 is 5.44. The van der Waals surface area contributed by atoms with E-state index in [-0.39, 0.29) is 5.60 Å². The third kappa shape index (κ3) is 5.22. The molecule has 0 spiro atoms. The fourth-order valence-corrected chi connectivity index (χ4v) is 3.27. The zero-order valence-corrected chi connectivity index (χ0v) is 14.0. The van der Waals surface area contributed by atoms with Crippen LogP contribution in [0.1, 0.15) is 27.7 Å². The van der Waals surface area contributed by atoms with E-state index in [9.17, 15) is 0 Å². The number of nitrogens with zero attached hydrogens (tertiary/aromatic N) is 2. The summed E-state index contributed by atoms with van der Waals surface area (Å²) in [5.74, 6) is 2.88. The van der Waals surface area contributed by atoms with Crippen LogP contribution in [0.5, 0.6) is 0 Å². The molecule has 1 heterocycles. The molecule has 0 amide bonds. The van der Waals surface area contributed by atoms with E-state index >= 15 is 0 Å². The summed E-state index contributed by atoms with van der Waals surface area (Å²) in [7, 11) is 3.60. The van der Waals surface area contributed by atoms with E-state index in [1.807, 2.05) is 7.05 Å². The second-order valence-electron chi connectivity index (χ2n) is 5.96. The average Bonchev–Trinajstić information content (AvgIpc) is 2.39. The van der Waals surface area contributed by atoms with E-state index < -0.39 is 0 Å². The number of ether oxygens (including phenoxy) is 1. The Kier molecular flexibility index (Phi) is 6.47. The quantitative estimate of drug-likeness (QED) is 0.634. The number of rotatable bonds is 4. The van der Waals surface area contributed by atoms with Gasteiger partial charge in [-0.1, -0.05) is 13.8 Å². The molecule has 1 unspecified atom stereocenters. The van der Waals surface area contributed by atoms with Gasteiger partial charge in [-0.15, -0.1) is 0 Å². The Labute approximate surface area is 122 Å². The predicted molar refractivity (Wildman–Crippen MR) is 85.1 cm³/mol. The number of nitrogens with one attached hydrogen (secondary N) is 1. The lowest BCUT2D eigenvalue weighted by Gasteiger charge is -2.37. The third-order valence-electron chi connectivity index (χ3n) is 3.57. The van der Waals surface area contributed by atoms with Gasteiger partial charge in [0.05, 0.1) is 5.60 Å². The summed E-state index contributed by atoms with van der Waals surface area (Å²) >= 11 is 2.08. The Morgan fingerprint density at radius 2 is 2.21 bits per heavy atom. The van der Waals surface area contributed by atoms with Crippen molar-refractivity contribution in [3.8, 4) is 0 Å². The van der Waals surface area contributed by atoms with E-state index in [1.165, 1.54) is 5.75 Å². The maximum absolute atomic E-state index is 5.44. The van der Waals surface area contributed by atoms with Gasteiger partial charge in [0.1, 0.15) is 0 Å². The van der Waals surface area contributed by atoms with Crippen molar-refractivity contribution in [3.05, 3.63) is 0 Å². The maximum atomic E-state index is 5.44. The number of aliphatic imine (C=N–C) groups is 1. The van der Waals surface area contributed by atoms with E-state index in [4.69, 9.17) is 4.74 Å². The van der Waals surface area contributed by atoms with Crippen LogP contribution in [0.2, 0.25) is 0 Å². The van der Waals surface area contributed by atoms with Crippen LogP contribution in [0.25, 0.3) is 0 Å². The fourth-order valence-electron chi connectivity index (χ4n) is 1.97. The van der Waals surface area contributed by atoms with Crippen LogP contribution in [0.4, 0.5) is 0 Å². The first-order chi connectivity index (χ1) is 8.89. The smallest absolute Gasteiger partial charge is 0.193 e. The molecule has 1 rings (SSSR count). The molecule has 4 nitrogen and oxygen atoms in total. The second kappa shape index (κ2) is 7.39. The van der Waals surface area contributed by atoms with E-state index in [2.05, 4.69) is 54.7 Å². The summed E-state index contributed by atoms with van der Waals surface area (Å²) in [6.45, 7) is 11.7. The monoisotopic (exact) mass is 287 g/mol. The zero-order chi connectivity index (χ0) is 14.5. The molecule has 1 aliphatic heterocycles. The van der Waals surface area contributed by atoms with Gasteiger partial charge in [0, 0.05) is 44.8 Å². The predicted octanol–water partition coefficient (Wildman–Crippen LogP) is 2.06. The van der Waals surface area contributed by atoms with Gasteiger partial charge in [0.15, 0.2) is 5.96 Å². The third-order valence-corrected chi connectivity index (χ3v) is 5.11. The number of hydrogen-bond acceptors (Lipinski definition) is 3. The molecule has 1 N–H and O–H groups in total. The topological polar surface area (TPSA) is 36.9 Å². The Morgan fingerprint density at radius 1 is 1.53 bits per heavy atom.